The molecule has 8 nitrogen and oxygen atoms in total. The number of amides is 2. The molecule has 3 aromatic rings. The number of carboxylic acid groups (broad SMARTS) is 1. The average Bonchev–Trinajstić information content (AvgIpc) is 2.89. The Kier molecular flexibility index (Phi) is 7.62. The average molecular weight is 475 g/mol. The molecule has 0 atom stereocenters. The second kappa shape index (κ2) is 11.2. The summed E-state index contributed by atoms with van der Waals surface area (Å²) in [4.78, 5) is 37.4. The number of benzene rings is 3. The van der Waals surface area contributed by atoms with Crippen LogP contribution in [0.15, 0.2) is 78.9 Å². The van der Waals surface area contributed by atoms with Crippen LogP contribution < -0.4 is 14.8 Å². The van der Waals surface area contributed by atoms with E-state index in [2.05, 4.69) is 5.32 Å². The molecular weight excluding hydrogens is 448 g/mol. The summed E-state index contributed by atoms with van der Waals surface area (Å²) in [5, 5.41) is 11.8. The van der Waals surface area contributed by atoms with E-state index in [1.54, 1.807) is 65.6 Å². The Morgan fingerprint density at radius 1 is 0.829 bits per heavy atom. The van der Waals surface area contributed by atoms with E-state index in [0.717, 1.165) is 12.8 Å². The first-order valence-electron chi connectivity index (χ1n) is 11.4. The van der Waals surface area contributed by atoms with Crippen LogP contribution in [0.4, 0.5) is 10.5 Å². The van der Waals surface area contributed by atoms with Gasteiger partial charge in [0.05, 0.1) is 12.2 Å². The molecule has 0 bridgehead atoms. The van der Waals surface area contributed by atoms with Crippen molar-refractivity contribution in [2.45, 2.75) is 12.8 Å². The largest absolute Gasteiger partial charge is 0.493 e. The topological polar surface area (TPSA) is 105 Å². The number of likely N-dealkylation sites (tertiary alicyclic amines) is 1. The fraction of sp³-hybridized carbons (Fsp3) is 0.222. The van der Waals surface area contributed by atoms with Crippen LogP contribution in [-0.2, 0) is 0 Å². The van der Waals surface area contributed by atoms with Gasteiger partial charge in [-0.25, -0.2) is 9.59 Å². The lowest BCUT2D eigenvalue weighted by molar-refractivity contribution is 0.0696. The summed E-state index contributed by atoms with van der Waals surface area (Å²) in [7, 11) is 0. The van der Waals surface area contributed by atoms with Crippen molar-refractivity contribution in [1.82, 2.24) is 4.90 Å². The lowest BCUT2D eigenvalue weighted by Crippen LogP contribution is -2.41. The molecule has 2 amide bonds. The maximum absolute atomic E-state index is 12.5. The fourth-order valence-corrected chi connectivity index (χ4v) is 3.75. The zero-order chi connectivity index (χ0) is 24.6. The number of piperidine rings is 1. The SMILES string of the molecule is O=C(O)c1ccc(OCC2CCN(C(=O)Oc3ccc(NC(=O)c4ccccc4)cc3)CC2)cc1. The second-order valence-corrected chi connectivity index (χ2v) is 8.28. The van der Waals surface area contributed by atoms with Crippen LogP contribution in [0.1, 0.15) is 33.6 Å². The van der Waals surface area contributed by atoms with Crippen LogP contribution in [0, 0.1) is 5.92 Å². The summed E-state index contributed by atoms with van der Waals surface area (Å²) in [5.74, 6) is 0.148. The molecule has 4 rings (SSSR count). The Morgan fingerprint density at radius 2 is 1.46 bits per heavy atom. The Bertz CT molecular complexity index is 1150. The standard InChI is InChI=1S/C27H26N2O6/c30-25(20-4-2-1-3-5-20)28-22-8-12-24(13-9-22)35-27(33)29-16-14-19(15-17-29)18-34-23-10-6-21(7-11-23)26(31)32/h1-13,19H,14-18H2,(H,28,30)(H,31,32). The minimum Gasteiger partial charge on any atom is -0.493 e. The van der Waals surface area contributed by atoms with Crippen molar-refractivity contribution in [2.75, 3.05) is 25.0 Å². The number of nitrogens with one attached hydrogen (secondary N) is 1. The molecule has 1 saturated heterocycles. The number of hydrogen-bond acceptors (Lipinski definition) is 5. The van der Waals surface area contributed by atoms with Gasteiger partial charge in [-0.15, -0.1) is 0 Å². The minimum atomic E-state index is -0.971. The highest BCUT2D eigenvalue weighted by Gasteiger charge is 2.24. The monoisotopic (exact) mass is 474 g/mol. The first kappa shape index (κ1) is 23.8. The molecular formula is C27H26N2O6. The van der Waals surface area contributed by atoms with Gasteiger partial charge in [0.25, 0.3) is 5.91 Å². The molecule has 8 heteroatoms. The van der Waals surface area contributed by atoms with E-state index < -0.39 is 12.1 Å². The van der Waals surface area contributed by atoms with Crippen molar-refractivity contribution < 1.29 is 29.0 Å². The number of rotatable bonds is 7. The molecule has 3 aromatic carbocycles. The predicted molar refractivity (Wildman–Crippen MR) is 130 cm³/mol. The van der Waals surface area contributed by atoms with Crippen molar-refractivity contribution in [3.05, 3.63) is 90.0 Å². The Hall–Kier alpha value is -4.33. The highest BCUT2D eigenvalue weighted by molar-refractivity contribution is 6.04. The van der Waals surface area contributed by atoms with E-state index in [1.807, 2.05) is 6.07 Å². The molecule has 1 fully saturated rings. The summed E-state index contributed by atoms with van der Waals surface area (Å²) in [6.07, 6.45) is 1.16. The zero-order valence-corrected chi connectivity index (χ0v) is 19.1. The molecule has 0 aromatic heterocycles. The van der Waals surface area contributed by atoms with Crippen LogP contribution in [0.2, 0.25) is 0 Å². The van der Waals surface area contributed by atoms with Gasteiger partial charge in [0, 0.05) is 24.3 Å². The third kappa shape index (κ3) is 6.60. The predicted octanol–water partition coefficient (Wildman–Crippen LogP) is 4.93. The van der Waals surface area contributed by atoms with Gasteiger partial charge in [0.2, 0.25) is 0 Å². The van der Waals surface area contributed by atoms with Gasteiger partial charge in [-0.2, -0.15) is 0 Å². The number of carbonyl (C=O) groups is 3. The number of aromatic carboxylic acids is 1. The lowest BCUT2D eigenvalue weighted by atomic mass is 9.98. The normalized spacial score (nSPS) is 13.7. The molecule has 1 aliphatic heterocycles. The molecule has 0 aliphatic carbocycles. The maximum atomic E-state index is 12.5. The first-order chi connectivity index (χ1) is 17.0. The van der Waals surface area contributed by atoms with Gasteiger partial charge < -0.3 is 24.8 Å². The van der Waals surface area contributed by atoms with Crippen LogP contribution in [0.5, 0.6) is 11.5 Å². The number of ether oxygens (including phenoxy) is 2. The quantitative estimate of drug-likeness (QED) is 0.503. The summed E-state index contributed by atoms with van der Waals surface area (Å²) < 4.78 is 11.3. The summed E-state index contributed by atoms with van der Waals surface area (Å²) in [6, 6.07) is 21.9. The van der Waals surface area contributed by atoms with Crippen molar-refractivity contribution in [1.29, 1.82) is 0 Å². The first-order valence-corrected chi connectivity index (χ1v) is 11.4. The van der Waals surface area contributed by atoms with E-state index in [0.29, 0.717) is 48.4 Å². The Morgan fingerprint density at radius 3 is 2.09 bits per heavy atom. The molecule has 0 spiro atoms. The van der Waals surface area contributed by atoms with Gasteiger partial charge in [0.1, 0.15) is 11.5 Å². The van der Waals surface area contributed by atoms with Crippen molar-refractivity contribution in [2.24, 2.45) is 5.92 Å². The fourth-order valence-electron chi connectivity index (χ4n) is 3.75. The molecule has 1 heterocycles. The number of nitrogens with zero attached hydrogens (tertiary/aromatic N) is 1. The van der Waals surface area contributed by atoms with E-state index in [4.69, 9.17) is 14.6 Å². The molecule has 0 radical (unpaired) electrons. The molecule has 1 aliphatic rings. The van der Waals surface area contributed by atoms with Gasteiger partial charge in [0.15, 0.2) is 0 Å². The maximum Gasteiger partial charge on any atom is 0.415 e. The summed E-state index contributed by atoms with van der Waals surface area (Å²) >= 11 is 0. The van der Waals surface area contributed by atoms with E-state index in [9.17, 15) is 14.4 Å². The van der Waals surface area contributed by atoms with Crippen LogP contribution >= 0.6 is 0 Å². The summed E-state index contributed by atoms with van der Waals surface area (Å²) in [5.41, 5.74) is 1.39. The Balaban J connectivity index is 1.20. The number of anilines is 1. The Labute approximate surface area is 203 Å². The third-order valence-electron chi connectivity index (χ3n) is 5.81. The highest BCUT2D eigenvalue weighted by atomic mass is 16.6. The minimum absolute atomic E-state index is 0.209. The third-order valence-corrected chi connectivity index (χ3v) is 5.81. The smallest absolute Gasteiger partial charge is 0.415 e. The van der Waals surface area contributed by atoms with Gasteiger partial charge in [-0.1, -0.05) is 18.2 Å². The highest BCUT2D eigenvalue weighted by Crippen LogP contribution is 2.22. The lowest BCUT2D eigenvalue weighted by Gasteiger charge is -2.31. The molecule has 180 valence electrons. The molecule has 0 unspecified atom stereocenters. The van der Waals surface area contributed by atoms with Gasteiger partial charge in [-0.05, 0) is 79.4 Å². The molecule has 2 N–H and O–H groups in total. The summed E-state index contributed by atoms with van der Waals surface area (Å²) in [6.45, 7) is 1.64. The van der Waals surface area contributed by atoms with Crippen molar-refractivity contribution in [3.63, 3.8) is 0 Å². The number of carboxylic acids is 1. The van der Waals surface area contributed by atoms with E-state index >= 15 is 0 Å². The van der Waals surface area contributed by atoms with Crippen LogP contribution in [0.3, 0.4) is 0 Å². The van der Waals surface area contributed by atoms with E-state index in [-0.39, 0.29) is 11.5 Å². The van der Waals surface area contributed by atoms with E-state index in [1.165, 1.54) is 12.1 Å². The molecule has 0 saturated carbocycles. The van der Waals surface area contributed by atoms with Crippen LogP contribution in [-0.4, -0.2) is 47.7 Å². The van der Waals surface area contributed by atoms with Gasteiger partial charge in [-0.3, -0.25) is 4.79 Å². The van der Waals surface area contributed by atoms with Crippen molar-refractivity contribution in [3.8, 4) is 11.5 Å². The van der Waals surface area contributed by atoms with Crippen LogP contribution in [0.25, 0.3) is 0 Å². The second-order valence-electron chi connectivity index (χ2n) is 8.28. The number of hydrogen-bond donors (Lipinski definition) is 2. The zero-order valence-electron chi connectivity index (χ0n) is 19.1. The number of carbonyl (C=O) groups excluding carboxylic acids is 2. The van der Waals surface area contributed by atoms with Gasteiger partial charge >= 0.3 is 12.1 Å². The molecule has 35 heavy (non-hydrogen) atoms. The van der Waals surface area contributed by atoms with Crippen molar-refractivity contribution >= 4 is 23.7 Å².